The minimum absolute atomic E-state index is 0.823. The predicted molar refractivity (Wildman–Crippen MR) is 59.9 cm³/mol. The summed E-state index contributed by atoms with van der Waals surface area (Å²) in [4.78, 5) is 6.83. The molecule has 74 valence electrons. The molecule has 0 spiro atoms. The molecule has 0 N–H and O–H groups in total. The Hall–Kier alpha value is -0.492. The van der Waals surface area contributed by atoms with Gasteiger partial charge in [0.15, 0.2) is 0 Å². The third-order valence-electron chi connectivity index (χ3n) is 2.68. The number of nitrogens with zero attached hydrogens (tertiary/aromatic N) is 2. The van der Waals surface area contributed by atoms with Crippen LogP contribution in [0.5, 0.6) is 0 Å². The monoisotopic (exact) mass is 250 g/mol. The summed E-state index contributed by atoms with van der Waals surface area (Å²) in [7, 11) is 0. The molecule has 1 fully saturated rings. The molecule has 3 heteroatoms. The summed E-state index contributed by atoms with van der Waals surface area (Å²) < 4.78 is 0.823. The van der Waals surface area contributed by atoms with Crippen LogP contribution in [0.1, 0.15) is 18.4 Å². The number of hydrogen-bond acceptors (Lipinski definition) is 2. The van der Waals surface area contributed by atoms with Crippen molar-refractivity contribution in [3.63, 3.8) is 0 Å². The summed E-state index contributed by atoms with van der Waals surface area (Å²) in [5, 5.41) is 0. The van der Waals surface area contributed by atoms with Crippen LogP contribution in [0.3, 0.4) is 0 Å². The van der Waals surface area contributed by atoms with Gasteiger partial charge < -0.3 is 0 Å². The van der Waals surface area contributed by atoms with E-state index in [2.05, 4.69) is 45.8 Å². The maximum absolute atomic E-state index is 4.45. The fourth-order valence-corrected chi connectivity index (χ4v) is 2.23. The molecule has 2 heterocycles. The standard InChI is InChI=1S/C11H15AsN2/c1-9-2-3-11(13-8-9)14-6-4-10(12)5-7-14/h2-3,8,10H,4-7H2,1H3. The van der Waals surface area contributed by atoms with Crippen LogP contribution >= 0.6 is 0 Å². The average molecular weight is 250 g/mol. The van der Waals surface area contributed by atoms with E-state index in [9.17, 15) is 0 Å². The van der Waals surface area contributed by atoms with E-state index in [0.29, 0.717) is 0 Å². The molecule has 2 radical (unpaired) electrons. The van der Waals surface area contributed by atoms with Gasteiger partial charge in [-0.15, -0.1) is 0 Å². The number of anilines is 1. The summed E-state index contributed by atoms with van der Waals surface area (Å²) in [6.45, 7) is 4.37. The van der Waals surface area contributed by atoms with Crippen molar-refractivity contribution in [2.75, 3.05) is 18.0 Å². The molecule has 0 aliphatic carbocycles. The van der Waals surface area contributed by atoms with Crippen LogP contribution in [0.2, 0.25) is 4.71 Å². The van der Waals surface area contributed by atoms with Crippen LogP contribution in [0.25, 0.3) is 0 Å². The molecule has 0 unspecified atom stereocenters. The summed E-state index contributed by atoms with van der Waals surface area (Å²) in [5.41, 5.74) is 1.23. The average Bonchev–Trinajstić information content (AvgIpc) is 2.21. The van der Waals surface area contributed by atoms with E-state index in [0.717, 1.165) is 23.6 Å². The Morgan fingerprint density at radius 2 is 2.07 bits per heavy atom. The van der Waals surface area contributed by atoms with Crippen LogP contribution in [-0.2, 0) is 0 Å². The van der Waals surface area contributed by atoms with Crippen LogP contribution < -0.4 is 4.90 Å². The molecule has 2 rings (SSSR count). The Balaban J connectivity index is 2.05. The van der Waals surface area contributed by atoms with Crippen LogP contribution in [0.4, 0.5) is 5.82 Å². The van der Waals surface area contributed by atoms with Crippen molar-refractivity contribution in [1.29, 1.82) is 0 Å². The second-order valence-corrected chi connectivity index (χ2v) is 5.44. The van der Waals surface area contributed by atoms with E-state index in [1.165, 1.54) is 18.4 Å². The Morgan fingerprint density at radius 1 is 1.36 bits per heavy atom. The van der Waals surface area contributed by atoms with Crippen molar-refractivity contribution >= 4 is 22.7 Å². The SMILES string of the molecule is Cc1ccc(N2CCC([As])CC2)nc1. The zero-order valence-electron chi connectivity index (χ0n) is 8.48. The Bertz CT molecular complexity index is 289. The van der Waals surface area contributed by atoms with E-state index >= 15 is 0 Å². The van der Waals surface area contributed by atoms with Crippen molar-refractivity contribution in [1.82, 2.24) is 4.98 Å². The summed E-state index contributed by atoms with van der Waals surface area (Å²) in [6.07, 6.45) is 4.49. The number of piperidine rings is 1. The van der Waals surface area contributed by atoms with Gasteiger partial charge in [-0.25, -0.2) is 0 Å². The molecule has 0 atom stereocenters. The van der Waals surface area contributed by atoms with E-state index < -0.39 is 0 Å². The van der Waals surface area contributed by atoms with Gasteiger partial charge in [0.1, 0.15) is 0 Å². The van der Waals surface area contributed by atoms with Crippen molar-refractivity contribution < 1.29 is 0 Å². The number of aryl methyl sites for hydroxylation is 1. The molecule has 1 saturated heterocycles. The quantitative estimate of drug-likeness (QED) is 0.708. The molecule has 1 aliphatic heterocycles. The third kappa shape index (κ3) is 2.30. The Kier molecular flexibility index (Phi) is 3.12. The summed E-state index contributed by atoms with van der Waals surface area (Å²) in [6, 6.07) is 4.26. The number of hydrogen-bond donors (Lipinski definition) is 0. The molecule has 1 aliphatic rings. The van der Waals surface area contributed by atoms with Gasteiger partial charge in [-0.2, -0.15) is 0 Å². The molecular formula is C11H15AsN2. The molecule has 0 aromatic carbocycles. The first-order valence-electron chi connectivity index (χ1n) is 5.11. The number of rotatable bonds is 1. The third-order valence-corrected chi connectivity index (χ3v) is 3.77. The molecule has 1 aromatic heterocycles. The van der Waals surface area contributed by atoms with E-state index in [4.69, 9.17) is 0 Å². The van der Waals surface area contributed by atoms with Gasteiger partial charge in [-0.3, -0.25) is 0 Å². The van der Waals surface area contributed by atoms with Gasteiger partial charge in [0.25, 0.3) is 0 Å². The van der Waals surface area contributed by atoms with Gasteiger partial charge in [0.05, 0.1) is 0 Å². The van der Waals surface area contributed by atoms with E-state index in [-0.39, 0.29) is 0 Å². The number of aromatic nitrogens is 1. The Morgan fingerprint density at radius 3 is 2.64 bits per heavy atom. The molecule has 0 bridgehead atoms. The predicted octanol–water partition coefficient (Wildman–Crippen LogP) is 1.95. The van der Waals surface area contributed by atoms with Gasteiger partial charge in [0, 0.05) is 0 Å². The van der Waals surface area contributed by atoms with Crippen LogP contribution in [-0.4, -0.2) is 34.9 Å². The molecule has 2 nitrogen and oxygen atoms in total. The molecule has 0 saturated carbocycles. The van der Waals surface area contributed by atoms with Crippen molar-refractivity contribution in [3.05, 3.63) is 23.9 Å². The van der Waals surface area contributed by atoms with Gasteiger partial charge in [-0.1, -0.05) is 0 Å². The molecule has 1 aromatic rings. The summed E-state index contributed by atoms with van der Waals surface area (Å²) in [5.74, 6) is 1.13. The molecular weight excluding hydrogens is 235 g/mol. The first kappa shape index (κ1) is 10.0. The van der Waals surface area contributed by atoms with Crippen molar-refractivity contribution in [2.45, 2.75) is 24.5 Å². The van der Waals surface area contributed by atoms with Gasteiger partial charge >= 0.3 is 94.0 Å². The first-order chi connectivity index (χ1) is 6.75. The fourth-order valence-electron chi connectivity index (χ4n) is 1.74. The molecule has 14 heavy (non-hydrogen) atoms. The minimum atomic E-state index is 0.823. The normalized spacial score (nSPS) is 18.6. The molecule has 0 amide bonds. The first-order valence-corrected chi connectivity index (χ1v) is 6.20. The van der Waals surface area contributed by atoms with E-state index in [1.54, 1.807) is 0 Å². The van der Waals surface area contributed by atoms with E-state index in [1.807, 2.05) is 6.20 Å². The second kappa shape index (κ2) is 4.35. The van der Waals surface area contributed by atoms with Crippen LogP contribution in [0.15, 0.2) is 18.3 Å². The fraction of sp³-hybridized carbons (Fsp3) is 0.545. The summed E-state index contributed by atoms with van der Waals surface area (Å²) >= 11 is 2.77. The van der Waals surface area contributed by atoms with Crippen LogP contribution in [0, 0.1) is 6.92 Å². The zero-order valence-corrected chi connectivity index (χ0v) is 10.4. The van der Waals surface area contributed by atoms with Crippen molar-refractivity contribution in [3.8, 4) is 0 Å². The maximum atomic E-state index is 4.45. The second-order valence-electron chi connectivity index (χ2n) is 3.91. The Labute approximate surface area is 94.2 Å². The topological polar surface area (TPSA) is 16.1 Å². The van der Waals surface area contributed by atoms with Gasteiger partial charge in [-0.05, 0) is 0 Å². The zero-order chi connectivity index (χ0) is 9.97. The van der Waals surface area contributed by atoms with Gasteiger partial charge in [0.2, 0.25) is 0 Å². The van der Waals surface area contributed by atoms with Crippen molar-refractivity contribution in [2.24, 2.45) is 0 Å². The number of pyridine rings is 1.